The zero-order chi connectivity index (χ0) is 37.4. The minimum atomic E-state index is -1.21. The molecule has 0 spiro atoms. The number of ether oxygens (including phenoxy) is 2. The molecule has 53 heavy (non-hydrogen) atoms. The maximum absolute atomic E-state index is 14.2. The number of allylic oxidation sites excluding steroid dienone is 2. The molecule has 3 aliphatic rings. The number of fused-ring (bicyclic) bond motifs is 8. The molecule has 1 fully saturated rings. The molecule has 1 N–H and O–H groups in total. The number of carbonyl (C=O) groups excluding carboxylic acids is 3. The van der Waals surface area contributed by atoms with Crippen molar-refractivity contribution in [3.8, 4) is 0 Å². The molecule has 1 unspecified atom stereocenters. The minimum absolute atomic E-state index is 0. The smallest absolute Gasteiger partial charge is 0.681 e. The first-order valence-electron chi connectivity index (χ1n) is 18.0. The van der Waals surface area contributed by atoms with Crippen molar-refractivity contribution in [3.05, 3.63) is 95.4 Å². The average molecular weight is 727 g/mol. The van der Waals surface area contributed by atoms with E-state index in [0.717, 1.165) is 41.5 Å². The van der Waals surface area contributed by atoms with Crippen LogP contribution in [0.25, 0.3) is 41.5 Å². The van der Waals surface area contributed by atoms with Gasteiger partial charge in [0.1, 0.15) is 12.5 Å². The Hall–Kier alpha value is -4.48. The van der Waals surface area contributed by atoms with Crippen LogP contribution in [0.2, 0.25) is 0 Å². The Morgan fingerprint density at radius 3 is 2.40 bits per heavy atom. The molecule has 4 atom stereocenters. The van der Waals surface area contributed by atoms with E-state index in [1.165, 1.54) is 12.7 Å². The summed E-state index contributed by atoms with van der Waals surface area (Å²) < 4.78 is 10.8. The van der Waals surface area contributed by atoms with Gasteiger partial charge in [0.2, 0.25) is 0 Å². The van der Waals surface area contributed by atoms with E-state index in [2.05, 4.69) is 20.4 Å². The van der Waals surface area contributed by atoms with Crippen molar-refractivity contribution in [2.24, 2.45) is 17.8 Å². The first kappa shape index (κ1) is 39.7. The summed E-state index contributed by atoms with van der Waals surface area (Å²) in [6.07, 6.45) is 13.5. The number of aliphatic hydroxyl groups excluding tert-OH is 1. The molecule has 0 saturated carbocycles. The molecule has 1 saturated heterocycles. The third-order valence-corrected chi connectivity index (χ3v) is 10.9. The van der Waals surface area contributed by atoms with Gasteiger partial charge in [-0.3, -0.25) is 14.4 Å². The molecular formula is C42H46MgN4O6-2. The quantitative estimate of drug-likeness (QED) is 0.144. The number of Topliss-reactive ketones (excluding diaryl/α,β-unsaturated/α-hetero) is 1. The topological polar surface area (TPSA) is 146 Å². The molecule has 0 radical (unpaired) electrons. The molecule has 10 nitrogen and oxygen atoms in total. The van der Waals surface area contributed by atoms with Crippen molar-refractivity contribution < 1.29 is 29.0 Å². The molecule has 3 aromatic rings. The summed E-state index contributed by atoms with van der Waals surface area (Å²) in [7, 11) is 1.27. The van der Waals surface area contributed by atoms with Gasteiger partial charge in [0.25, 0.3) is 0 Å². The predicted octanol–water partition coefficient (Wildman–Crippen LogP) is 3.52. The Balaban J connectivity index is 0.00000541. The van der Waals surface area contributed by atoms with Crippen LogP contribution in [-0.2, 0) is 25.5 Å². The summed E-state index contributed by atoms with van der Waals surface area (Å²) >= 11 is 0. The van der Waals surface area contributed by atoms with Crippen LogP contribution >= 0.6 is 0 Å². The fourth-order valence-electron chi connectivity index (χ4n) is 7.98. The minimum Gasteiger partial charge on any atom is -0.681 e. The molecule has 5 heterocycles. The maximum Gasteiger partial charge on any atom is 2.00 e. The second-order valence-corrected chi connectivity index (χ2v) is 13.9. The van der Waals surface area contributed by atoms with Crippen LogP contribution in [0.15, 0.2) is 23.9 Å². The van der Waals surface area contributed by atoms with E-state index < -0.39 is 17.9 Å². The van der Waals surface area contributed by atoms with Crippen molar-refractivity contribution in [1.29, 1.82) is 0 Å². The van der Waals surface area contributed by atoms with Crippen molar-refractivity contribution in [3.63, 3.8) is 0 Å². The first-order valence-corrected chi connectivity index (χ1v) is 18.0. The molecule has 0 amide bonds. The zero-order valence-corrected chi connectivity index (χ0v) is 33.1. The van der Waals surface area contributed by atoms with Gasteiger partial charge in [-0.2, -0.15) is 5.70 Å². The van der Waals surface area contributed by atoms with Crippen LogP contribution in [0.3, 0.4) is 0 Å². The SMILES string of the molecule is C=Cc1c2[n-]c(c1C)/C=C1/[N-]C(C3=c4[n-]/c(c(C)c4C(=O)[C@@H]3C(=O)OC)=C\c3[n-]c(/c(=C/O)c3CC)=C\2)[C@@H](CCC(=O)OC/C=C(\C)CCC)[C@@H]1C.[Mg+2]. The Morgan fingerprint density at radius 2 is 1.74 bits per heavy atom. The Morgan fingerprint density at radius 1 is 1.00 bits per heavy atom. The number of methoxy groups -OCH3 is 1. The summed E-state index contributed by atoms with van der Waals surface area (Å²) in [5.41, 5.74) is 7.89. The van der Waals surface area contributed by atoms with Crippen molar-refractivity contribution >= 4 is 76.9 Å². The van der Waals surface area contributed by atoms with E-state index >= 15 is 0 Å². The normalized spacial score (nSPS) is 22.9. The van der Waals surface area contributed by atoms with Gasteiger partial charge in [0, 0.05) is 12.0 Å². The molecule has 0 aromatic carbocycles. The zero-order valence-electron chi connectivity index (χ0n) is 31.7. The molecule has 11 heteroatoms. The summed E-state index contributed by atoms with van der Waals surface area (Å²) in [5.74, 6) is -3.03. The summed E-state index contributed by atoms with van der Waals surface area (Å²) in [6.45, 7) is 16.2. The van der Waals surface area contributed by atoms with E-state index in [4.69, 9.17) is 29.7 Å². The van der Waals surface area contributed by atoms with Gasteiger partial charge < -0.3 is 34.8 Å². The van der Waals surface area contributed by atoms with Crippen molar-refractivity contribution in [1.82, 2.24) is 15.0 Å². The molecule has 6 rings (SSSR count). The van der Waals surface area contributed by atoms with E-state index in [1.54, 1.807) is 6.08 Å². The number of hydrogen-bond donors (Lipinski definition) is 1. The van der Waals surface area contributed by atoms with Crippen molar-refractivity contribution in [2.75, 3.05) is 13.7 Å². The second kappa shape index (κ2) is 16.3. The number of aliphatic hydroxyl groups is 1. The molecular weight excluding hydrogens is 681 g/mol. The number of ketones is 1. The Kier molecular flexibility index (Phi) is 12.2. The van der Waals surface area contributed by atoms with Crippen LogP contribution in [0.4, 0.5) is 0 Å². The van der Waals surface area contributed by atoms with Crippen LogP contribution in [0.1, 0.15) is 103 Å². The first-order chi connectivity index (χ1) is 25.0. The van der Waals surface area contributed by atoms with Crippen LogP contribution in [0.5, 0.6) is 0 Å². The molecule has 8 bridgehead atoms. The van der Waals surface area contributed by atoms with Gasteiger partial charge in [-0.15, -0.1) is 33.1 Å². The number of esters is 2. The van der Waals surface area contributed by atoms with Gasteiger partial charge in [0.05, 0.1) is 13.4 Å². The number of rotatable bonds is 10. The standard InChI is InChI=1S/C42H46N4O6.Mg/c1-9-12-21(4)15-16-52-35(48)14-13-27-23(6)30-17-29-22(5)25(10-2)32(43-29)19-34-28(20-47)26(11-3)33(44-34)18-31-24(7)36-40(46-31)37(39(27)45-30)38(41(36)49)42(50)51-8;/h10,15,17-20,23,27,38-39H,2,9,11-14,16H2,1,3-8H3,(H,47,49);/q-4;+2/b21-15+,30-17+,34-19-;/t23-,27-,38+,39?;/m0./s1. The molecule has 3 aromatic heterocycles. The maximum atomic E-state index is 14.2. The summed E-state index contributed by atoms with van der Waals surface area (Å²) in [4.78, 5) is 55.6. The predicted molar refractivity (Wildman–Crippen MR) is 207 cm³/mol. The van der Waals surface area contributed by atoms with E-state index in [9.17, 15) is 19.5 Å². The second-order valence-electron chi connectivity index (χ2n) is 13.9. The monoisotopic (exact) mass is 726 g/mol. The van der Waals surface area contributed by atoms with E-state index in [-0.39, 0.29) is 59.7 Å². The third kappa shape index (κ3) is 7.13. The Bertz CT molecular complexity index is 2280. The summed E-state index contributed by atoms with van der Waals surface area (Å²) in [6, 6.07) is -0.643. The van der Waals surface area contributed by atoms with E-state index in [0.29, 0.717) is 67.9 Å². The molecule has 2 aliphatic heterocycles. The number of carbonyl (C=O) groups is 3. The molecule has 274 valence electrons. The number of aromatic nitrogens is 3. The largest absolute Gasteiger partial charge is 2.00 e. The number of hydrogen-bond acceptors (Lipinski definition) is 6. The average Bonchev–Trinajstić information content (AvgIpc) is 3.87. The van der Waals surface area contributed by atoms with Gasteiger partial charge in [0.15, 0.2) is 5.78 Å². The fraction of sp³-hybridized carbons (Fsp3) is 0.405. The van der Waals surface area contributed by atoms with Gasteiger partial charge >= 0.3 is 35.0 Å². The third-order valence-electron chi connectivity index (χ3n) is 10.9. The van der Waals surface area contributed by atoms with Crippen molar-refractivity contribution in [2.45, 2.75) is 79.7 Å². The Labute approximate surface area is 326 Å². The van der Waals surface area contributed by atoms with E-state index in [1.807, 2.05) is 52.0 Å². The van der Waals surface area contributed by atoms with Crippen LogP contribution in [0, 0.1) is 31.6 Å². The number of nitrogens with zero attached hydrogens (tertiary/aromatic N) is 4. The fourth-order valence-corrected chi connectivity index (χ4v) is 7.98. The van der Waals surface area contributed by atoms with Gasteiger partial charge in [-0.1, -0.05) is 92.0 Å². The van der Waals surface area contributed by atoms with Gasteiger partial charge in [-0.25, -0.2) is 0 Å². The van der Waals surface area contributed by atoms with Crippen LogP contribution < -0.4 is 36.2 Å². The summed E-state index contributed by atoms with van der Waals surface area (Å²) in [5, 5.41) is 17.7. The molecule has 1 aliphatic carbocycles. The van der Waals surface area contributed by atoms with Gasteiger partial charge in [-0.05, 0) is 68.7 Å². The van der Waals surface area contributed by atoms with Crippen LogP contribution in [-0.4, -0.2) is 65.6 Å².